The molecule has 9 nitrogen and oxygen atoms in total. The molecular weight excluding hydrogens is 378 g/mol. The Balaban J connectivity index is 1.73. The van der Waals surface area contributed by atoms with Crippen LogP contribution in [0, 0.1) is 17.0 Å². The van der Waals surface area contributed by atoms with Gasteiger partial charge in [0.05, 0.1) is 10.6 Å². The number of halogens is 1. The van der Waals surface area contributed by atoms with E-state index < -0.39 is 10.6 Å². The van der Waals surface area contributed by atoms with Gasteiger partial charge in [-0.15, -0.1) is 16.4 Å². The van der Waals surface area contributed by atoms with Gasteiger partial charge < -0.3 is 5.32 Å². The van der Waals surface area contributed by atoms with Gasteiger partial charge in [0.15, 0.2) is 0 Å². The second-order valence-corrected chi connectivity index (χ2v) is 6.56. The van der Waals surface area contributed by atoms with E-state index in [4.69, 9.17) is 11.6 Å². The van der Waals surface area contributed by atoms with E-state index in [1.54, 1.807) is 4.52 Å². The maximum absolute atomic E-state index is 11.2. The largest absolute Gasteiger partial charge is 0.348 e. The summed E-state index contributed by atoms with van der Waals surface area (Å²) < 4.78 is 1.67. The lowest BCUT2D eigenvalue weighted by molar-refractivity contribution is -0.384. The number of nitro groups is 1. The Labute approximate surface area is 155 Å². The first-order chi connectivity index (χ1) is 12.5. The molecule has 0 aliphatic rings. The second kappa shape index (κ2) is 6.32. The Bertz CT molecular complexity index is 1120. The Morgan fingerprint density at radius 1 is 1.27 bits per heavy atom. The van der Waals surface area contributed by atoms with Crippen LogP contribution in [0.3, 0.4) is 0 Å². The normalized spacial score (nSPS) is 11.0. The van der Waals surface area contributed by atoms with E-state index in [1.165, 1.54) is 11.3 Å². The molecule has 0 amide bonds. The number of aryl methyl sites for hydroxylation is 1. The molecule has 0 radical (unpaired) electrons. The van der Waals surface area contributed by atoms with Crippen LogP contribution in [-0.4, -0.2) is 29.5 Å². The molecule has 130 valence electrons. The van der Waals surface area contributed by atoms with Gasteiger partial charge in [0, 0.05) is 10.9 Å². The van der Waals surface area contributed by atoms with E-state index in [9.17, 15) is 10.1 Å². The molecule has 0 fully saturated rings. The maximum Gasteiger partial charge on any atom is 0.348 e. The molecule has 0 aliphatic heterocycles. The second-order valence-electron chi connectivity index (χ2n) is 5.36. The first kappa shape index (κ1) is 16.4. The maximum atomic E-state index is 11.2. The summed E-state index contributed by atoms with van der Waals surface area (Å²) >= 11 is 7.20. The lowest BCUT2D eigenvalue weighted by atomic mass is 10.1. The molecule has 0 aliphatic carbocycles. The summed E-state index contributed by atoms with van der Waals surface area (Å²) in [5.41, 5.74) is 2.61. The van der Waals surface area contributed by atoms with Crippen molar-refractivity contribution < 1.29 is 4.92 Å². The highest BCUT2D eigenvalue weighted by Crippen LogP contribution is 2.31. The smallest absolute Gasteiger partial charge is 0.301 e. The number of thiazole rings is 1. The minimum Gasteiger partial charge on any atom is -0.301 e. The fourth-order valence-electron chi connectivity index (χ4n) is 2.37. The van der Waals surface area contributed by atoms with Gasteiger partial charge in [0.1, 0.15) is 6.33 Å². The Morgan fingerprint density at radius 2 is 2.04 bits per heavy atom. The third-order valence-electron chi connectivity index (χ3n) is 3.62. The van der Waals surface area contributed by atoms with Crippen molar-refractivity contribution in [2.45, 2.75) is 6.92 Å². The number of fused-ring (bicyclic) bond motifs is 1. The highest BCUT2D eigenvalue weighted by Gasteiger charge is 2.23. The molecule has 11 heteroatoms. The van der Waals surface area contributed by atoms with Crippen molar-refractivity contribution in [1.29, 1.82) is 0 Å². The molecule has 0 unspecified atom stereocenters. The molecule has 3 heterocycles. The number of anilines is 2. The van der Waals surface area contributed by atoms with E-state index in [0.717, 1.165) is 23.1 Å². The van der Waals surface area contributed by atoms with Crippen LogP contribution in [0.15, 0.2) is 36.0 Å². The number of nitrogens with one attached hydrogen (secondary N) is 1. The van der Waals surface area contributed by atoms with Crippen molar-refractivity contribution in [2.24, 2.45) is 0 Å². The zero-order valence-corrected chi connectivity index (χ0v) is 14.8. The summed E-state index contributed by atoms with van der Waals surface area (Å²) in [6, 6.07) is 8.03. The van der Waals surface area contributed by atoms with E-state index in [-0.39, 0.29) is 16.9 Å². The van der Waals surface area contributed by atoms with Crippen molar-refractivity contribution in [3.05, 3.63) is 56.8 Å². The molecule has 26 heavy (non-hydrogen) atoms. The van der Waals surface area contributed by atoms with E-state index in [2.05, 4.69) is 25.4 Å². The van der Waals surface area contributed by atoms with E-state index in [0.29, 0.717) is 4.96 Å². The van der Waals surface area contributed by atoms with Gasteiger partial charge in [-0.25, -0.2) is 14.5 Å². The van der Waals surface area contributed by atoms with Gasteiger partial charge >= 0.3 is 5.69 Å². The van der Waals surface area contributed by atoms with Crippen LogP contribution in [0.5, 0.6) is 0 Å². The number of rotatable bonds is 4. The summed E-state index contributed by atoms with van der Waals surface area (Å²) in [4.78, 5) is 23.0. The van der Waals surface area contributed by atoms with Gasteiger partial charge in [-0.1, -0.05) is 41.4 Å². The molecule has 4 rings (SSSR count). The Kier molecular flexibility index (Phi) is 3.98. The average Bonchev–Trinajstić information content (AvgIpc) is 3.15. The molecule has 1 aromatic carbocycles. The van der Waals surface area contributed by atoms with Crippen LogP contribution in [0.25, 0.3) is 16.2 Å². The summed E-state index contributed by atoms with van der Waals surface area (Å²) in [6.45, 7) is 2.02. The van der Waals surface area contributed by atoms with Gasteiger partial charge in [-0.2, -0.15) is 4.98 Å². The van der Waals surface area contributed by atoms with Crippen molar-refractivity contribution in [2.75, 3.05) is 5.32 Å². The van der Waals surface area contributed by atoms with Crippen LogP contribution in [0.1, 0.15) is 5.56 Å². The zero-order chi connectivity index (χ0) is 18.3. The molecular formula is C15H10ClN7O2S. The predicted molar refractivity (Wildman–Crippen MR) is 98.0 cm³/mol. The highest BCUT2D eigenvalue weighted by atomic mass is 35.5. The van der Waals surface area contributed by atoms with Crippen LogP contribution < -0.4 is 5.32 Å². The molecule has 0 saturated heterocycles. The number of hydrogen-bond donors (Lipinski definition) is 1. The number of benzene rings is 1. The highest BCUT2D eigenvalue weighted by molar-refractivity contribution is 7.15. The standard InChI is InChI=1S/C15H10ClN7O2S/c1-8-2-4-9(5-3-8)10-6-26-15-20-14(21-22(10)15)19-13-11(23(24)25)12(16)17-7-18-13/h2-7H,1H3,(H,17,18,19,21). The van der Waals surface area contributed by atoms with Gasteiger partial charge in [-0.3, -0.25) is 10.1 Å². The fraction of sp³-hybridized carbons (Fsp3) is 0.0667. The van der Waals surface area contributed by atoms with Gasteiger partial charge in [0.2, 0.25) is 21.9 Å². The lowest BCUT2D eigenvalue weighted by Gasteiger charge is -2.02. The summed E-state index contributed by atoms with van der Waals surface area (Å²) in [7, 11) is 0. The monoisotopic (exact) mass is 387 g/mol. The summed E-state index contributed by atoms with van der Waals surface area (Å²) in [5, 5.41) is 20.0. The topological polar surface area (TPSA) is 111 Å². The first-order valence-corrected chi connectivity index (χ1v) is 8.62. The minimum absolute atomic E-state index is 0.0647. The first-order valence-electron chi connectivity index (χ1n) is 7.36. The number of hydrogen-bond acceptors (Lipinski definition) is 8. The van der Waals surface area contributed by atoms with Gasteiger partial charge in [0.25, 0.3) is 0 Å². The predicted octanol–water partition coefficient (Wildman–Crippen LogP) is 3.86. The molecule has 0 atom stereocenters. The Hall–Kier alpha value is -3.11. The SMILES string of the molecule is Cc1ccc(-c2csc3nc(Nc4ncnc(Cl)c4[N+](=O)[O-])nn23)cc1. The minimum atomic E-state index is -0.652. The fourth-order valence-corrected chi connectivity index (χ4v) is 3.41. The van der Waals surface area contributed by atoms with E-state index >= 15 is 0 Å². The number of aromatic nitrogens is 5. The van der Waals surface area contributed by atoms with Gasteiger partial charge in [-0.05, 0) is 6.92 Å². The molecule has 3 aromatic heterocycles. The summed E-state index contributed by atoms with van der Waals surface area (Å²) in [6.07, 6.45) is 1.13. The molecule has 4 aromatic rings. The third kappa shape index (κ3) is 2.85. The zero-order valence-electron chi connectivity index (χ0n) is 13.3. The third-order valence-corrected chi connectivity index (χ3v) is 4.71. The van der Waals surface area contributed by atoms with Crippen LogP contribution in [-0.2, 0) is 0 Å². The molecule has 0 spiro atoms. The van der Waals surface area contributed by atoms with Crippen molar-refractivity contribution in [3.8, 4) is 11.3 Å². The summed E-state index contributed by atoms with van der Waals surface area (Å²) in [5.74, 6) is 0.119. The van der Waals surface area contributed by atoms with Crippen molar-refractivity contribution >= 4 is 45.4 Å². The quantitative estimate of drug-likeness (QED) is 0.321. The molecule has 0 saturated carbocycles. The lowest BCUT2D eigenvalue weighted by Crippen LogP contribution is -2.03. The molecule has 1 N–H and O–H groups in total. The van der Waals surface area contributed by atoms with E-state index in [1.807, 2.05) is 36.6 Å². The van der Waals surface area contributed by atoms with Crippen LogP contribution >= 0.6 is 22.9 Å². The molecule has 0 bridgehead atoms. The average molecular weight is 388 g/mol. The Morgan fingerprint density at radius 3 is 2.77 bits per heavy atom. The number of nitrogens with zero attached hydrogens (tertiary/aromatic N) is 6. The van der Waals surface area contributed by atoms with Crippen molar-refractivity contribution in [3.63, 3.8) is 0 Å². The van der Waals surface area contributed by atoms with Crippen molar-refractivity contribution in [1.82, 2.24) is 24.6 Å². The van der Waals surface area contributed by atoms with Crippen LogP contribution in [0.2, 0.25) is 5.15 Å². The van der Waals surface area contributed by atoms with Crippen LogP contribution in [0.4, 0.5) is 17.5 Å².